The first kappa shape index (κ1) is 23.8. The summed E-state index contributed by atoms with van der Waals surface area (Å²) in [5, 5.41) is 5.25. The molecule has 0 amide bonds. The molecule has 8 nitrogen and oxygen atoms in total. The largest absolute Gasteiger partial charge is 0.371 e. The second-order valence-electron chi connectivity index (χ2n) is 9.56. The van der Waals surface area contributed by atoms with E-state index in [0.29, 0.717) is 18.3 Å². The van der Waals surface area contributed by atoms with Crippen molar-refractivity contribution < 1.29 is 4.39 Å². The van der Waals surface area contributed by atoms with Crippen LogP contribution in [0, 0.1) is 12.7 Å². The van der Waals surface area contributed by atoms with Gasteiger partial charge in [-0.05, 0) is 86.8 Å². The molecule has 0 saturated carbocycles. The first-order chi connectivity index (χ1) is 18.6. The van der Waals surface area contributed by atoms with Crippen LogP contribution >= 0.6 is 0 Å². The standard InChI is InChI=1S/C29H29FN8/c1-20-15-21(9-11-31-20)28-33-19-38(36-28)25-7-5-24(6-8-25)34-29-32-12-10-27(35-29)22-16-23(30)18-26(17-22)37-13-3-2-4-14-37/h5-12,15-18H,2-4,13-14,19H2,1H3,(H,33,36)(H,32,34,35). The number of nitrogens with zero attached hydrogens (tertiary/aromatic N) is 6. The number of aryl methyl sites for hydroxylation is 1. The number of anilines is 4. The van der Waals surface area contributed by atoms with Crippen molar-refractivity contribution in [2.45, 2.75) is 26.2 Å². The highest BCUT2D eigenvalue weighted by Gasteiger charge is 2.17. The van der Waals surface area contributed by atoms with Gasteiger partial charge in [-0.3, -0.25) is 15.4 Å². The molecule has 1 fully saturated rings. The van der Waals surface area contributed by atoms with Crippen molar-refractivity contribution in [3.63, 3.8) is 0 Å². The Morgan fingerprint density at radius 2 is 1.66 bits per heavy atom. The maximum Gasteiger partial charge on any atom is 0.227 e. The van der Waals surface area contributed by atoms with Crippen LogP contribution in [0.25, 0.3) is 11.3 Å². The minimum atomic E-state index is -0.256. The highest BCUT2D eigenvalue weighted by atomic mass is 19.1. The molecule has 0 radical (unpaired) electrons. The summed E-state index contributed by atoms with van der Waals surface area (Å²) < 4.78 is 14.5. The summed E-state index contributed by atoms with van der Waals surface area (Å²) in [6.07, 6.45) is 6.99. The van der Waals surface area contributed by atoms with Gasteiger partial charge in [0.25, 0.3) is 0 Å². The second-order valence-corrected chi connectivity index (χ2v) is 9.56. The number of halogens is 1. The lowest BCUT2D eigenvalue weighted by molar-refractivity contribution is 0.574. The second kappa shape index (κ2) is 10.5. The summed E-state index contributed by atoms with van der Waals surface area (Å²) in [5.41, 5.74) is 9.48. The van der Waals surface area contributed by atoms with Gasteiger partial charge in [0.2, 0.25) is 5.95 Å². The molecule has 0 atom stereocenters. The minimum Gasteiger partial charge on any atom is -0.371 e. The molecule has 0 bridgehead atoms. The van der Waals surface area contributed by atoms with E-state index in [2.05, 4.69) is 35.6 Å². The number of benzene rings is 2. The first-order valence-corrected chi connectivity index (χ1v) is 12.9. The molecule has 0 unspecified atom stereocenters. The van der Waals surface area contributed by atoms with E-state index in [4.69, 9.17) is 0 Å². The molecule has 2 N–H and O–H groups in total. The van der Waals surface area contributed by atoms with Crippen molar-refractivity contribution in [3.05, 3.63) is 90.1 Å². The van der Waals surface area contributed by atoms with Gasteiger partial charge in [0, 0.05) is 53.7 Å². The molecule has 2 aromatic heterocycles. The van der Waals surface area contributed by atoms with Gasteiger partial charge in [-0.1, -0.05) is 0 Å². The number of hydrogen-bond donors (Lipinski definition) is 2. The van der Waals surface area contributed by atoms with Crippen LogP contribution < -0.4 is 20.7 Å². The van der Waals surface area contributed by atoms with Crippen molar-refractivity contribution in [2.75, 3.05) is 35.0 Å². The maximum atomic E-state index is 14.5. The predicted molar refractivity (Wildman–Crippen MR) is 149 cm³/mol. The Bertz CT molecular complexity index is 1460. The lowest BCUT2D eigenvalue weighted by Gasteiger charge is -2.29. The maximum absolute atomic E-state index is 14.5. The Morgan fingerprint density at radius 1 is 0.842 bits per heavy atom. The van der Waals surface area contributed by atoms with Gasteiger partial charge in [-0.25, -0.2) is 19.4 Å². The highest BCUT2D eigenvalue weighted by molar-refractivity contribution is 6.01. The number of aromatic nitrogens is 3. The third-order valence-corrected chi connectivity index (χ3v) is 6.77. The van der Waals surface area contributed by atoms with Gasteiger partial charge in [-0.15, -0.1) is 0 Å². The number of hydrazine groups is 1. The van der Waals surface area contributed by atoms with Crippen LogP contribution in [0.5, 0.6) is 0 Å². The molecular weight excluding hydrogens is 479 g/mol. The monoisotopic (exact) mass is 508 g/mol. The van der Waals surface area contributed by atoms with Crippen molar-refractivity contribution >= 4 is 28.8 Å². The van der Waals surface area contributed by atoms with Gasteiger partial charge in [-0.2, -0.15) is 0 Å². The number of aliphatic imine (C=N–C) groups is 1. The summed E-state index contributed by atoms with van der Waals surface area (Å²) in [5.74, 6) is 1.02. The van der Waals surface area contributed by atoms with Crippen molar-refractivity contribution in [3.8, 4) is 11.3 Å². The van der Waals surface area contributed by atoms with Crippen LogP contribution in [0.1, 0.15) is 30.5 Å². The number of amidine groups is 1. The summed E-state index contributed by atoms with van der Waals surface area (Å²) >= 11 is 0. The van der Waals surface area contributed by atoms with E-state index in [1.165, 1.54) is 12.5 Å². The van der Waals surface area contributed by atoms with Crippen molar-refractivity contribution in [1.29, 1.82) is 0 Å². The molecule has 2 aliphatic rings. The molecule has 6 rings (SSSR count). The Kier molecular flexibility index (Phi) is 6.56. The Labute approximate surface area is 221 Å². The van der Waals surface area contributed by atoms with Gasteiger partial charge in [0.15, 0.2) is 0 Å². The van der Waals surface area contributed by atoms with Crippen LogP contribution in [-0.2, 0) is 0 Å². The molecular formula is C29H29FN8. The zero-order chi connectivity index (χ0) is 25.9. The minimum absolute atomic E-state index is 0.256. The van der Waals surface area contributed by atoms with Crippen LogP contribution in [0.4, 0.5) is 27.4 Å². The molecule has 192 valence electrons. The van der Waals surface area contributed by atoms with Crippen LogP contribution in [0.3, 0.4) is 0 Å². The van der Waals surface area contributed by atoms with E-state index in [1.807, 2.05) is 60.5 Å². The molecule has 9 heteroatoms. The van der Waals surface area contributed by atoms with Gasteiger partial charge in [0.05, 0.1) is 11.4 Å². The number of hydrogen-bond acceptors (Lipinski definition) is 8. The summed E-state index contributed by atoms with van der Waals surface area (Å²) in [6, 6.07) is 18.9. The quantitative estimate of drug-likeness (QED) is 0.358. The third-order valence-electron chi connectivity index (χ3n) is 6.77. The topological polar surface area (TPSA) is 81.6 Å². The van der Waals surface area contributed by atoms with Gasteiger partial charge < -0.3 is 10.2 Å². The lowest BCUT2D eigenvalue weighted by atomic mass is 10.1. The fourth-order valence-electron chi connectivity index (χ4n) is 4.83. The van der Waals surface area contributed by atoms with Crippen LogP contribution in [-0.4, -0.2) is 40.5 Å². The van der Waals surface area contributed by atoms with E-state index in [0.717, 1.165) is 65.6 Å². The molecule has 0 spiro atoms. The van der Waals surface area contributed by atoms with Crippen molar-refractivity contribution in [2.24, 2.45) is 4.99 Å². The SMILES string of the molecule is Cc1cc(C2=NCN(c3ccc(Nc4nccc(-c5cc(F)cc(N6CCCCC6)c5)n4)cc3)N2)ccn1. The number of piperidine rings is 1. The van der Waals surface area contributed by atoms with E-state index < -0.39 is 0 Å². The summed E-state index contributed by atoms with van der Waals surface area (Å²) in [7, 11) is 0. The van der Waals surface area contributed by atoms with E-state index >= 15 is 0 Å². The summed E-state index contributed by atoms with van der Waals surface area (Å²) in [6.45, 7) is 4.40. The highest BCUT2D eigenvalue weighted by Crippen LogP contribution is 2.28. The van der Waals surface area contributed by atoms with E-state index in [9.17, 15) is 4.39 Å². The molecule has 4 aromatic rings. The normalized spacial score (nSPS) is 15.3. The average Bonchev–Trinajstić information content (AvgIpc) is 3.44. The van der Waals surface area contributed by atoms with E-state index in [1.54, 1.807) is 18.5 Å². The molecule has 38 heavy (non-hydrogen) atoms. The Balaban J connectivity index is 1.14. The fourth-order valence-corrected chi connectivity index (χ4v) is 4.83. The molecule has 4 heterocycles. The first-order valence-electron chi connectivity index (χ1n) is 12.9. The molecule has 1 saturated heterocycles. The van der Waals surface area contributed by atoms with E-state index in [-0.39, 0.29) is 5.82 Å². The van der Waals surface area contributed by atoms with Crippen LogP contribution in [0.15, 0.2) is 78.0 Å². The Morgan fingerprint density at radius 3 is 2.47 bits per heavy atom. The molecule has 2 aliphatic heterocycles. The number of pyridine rings is 1. The summed E-state index contributed by atoms with van der Waals surface area (Å²) in [4.78, 5) is 20.1. The molecule has 0 aliphatic carbocycles. The zero-order valence-corrected chi connectivity index (χ0v) is 21.2. The average molecular weight is 509 g/mol. The zero-order valence-electron chi connectivity index (χ0n) is 21.2. The number of rotatable bonds is 6. The smallest absolute Gasteiger partial charge is 0.227 e. The van der Waals surface area contributed by atoms with Gasteiger partial charge in [0.1, 0.15) is 18.3 Å². The lowest BCUT2D eigenvalue weighted by Crippen LogP contribution is -2.36. The predicted octanol–water partition coefficient (Wildman–Crippen LogP) is 5.45. The Hall–Kier alpha value is -4.53. The fraction of sp³-hybridized carbons (Fsp3) is 0.241. The number of nitrogens with one attached hydrogen (secondary N) is 2. The van der Waals surface area contributed by atoms with Gasteiger partial charge >= 0.3 is 0 Å². The van der Waals surface area contributed by atoms with Crippen LogP contribution in [0.2, 0.25) is 0 Å². The molecule has 2 aromatic carbocycles. The van der Waals surface area contributed by atoms with Crippen molar-refractivity contribution in [1.82, 2.24) is 20.4 Å². The third kappa shape index (κ3) is 5.27.